The van der Waals surface area contributed by atoms with Gasteiger partial charge in [-0.1, -0.05) is 192 Å². The van der Waals surface area contributed by atoms with Gasteiger partial charge in [-0.15, -0.1) is 0 Å². The Bertz CT molecular complexity index is 1380. The predicted octanol–water partition coefficient (Wildman–Crippen LogP) is 14.5. The molecule has 0 aliphatic carbocycles. The van der Waals surface area contributed by atoms with Crippen molar-refractivity contribution in [1.29, 1.82) is 0 Å². The molecule has 1 heterocycles. The maximum atomic E-state index is 13.1. The first-order valence-electron chi connectivity index (χ1n) is 29.0. The Balaban J connectivity index is 2.68. The molecular formula is C59H104O12. The molecule has 3 N–H and O–H groups in total. The van der Waals surface area contributed by atoms with Crippen molar-refractivity contribution in [1.82, 2.24) is 0 Å². The predicted molar refractivity (Wildman–Crippen MR) is 285 cm³/mol. The summed E-state index contributed by atoms with van der Waals surface area (Å²) in [5.41, 5.74) is 0. The van der Waals surface area contributed by atoms with Gasteiger partial charge in [-0.05, 0) is 89.9 Å². The summed E-state index contributed by atoms with van der Waals surface area (Å²) in [6, 6.07) is 0. The highest BCUT2D eigenvalue weighted by molar-refractivity contribution is 5.74. The van der Waals surface area contributed by atoms with Crippen molar-refractivity contribution in [3.63, 3.8) is 0 Å². The first kappa shape index (κ1) is 66.0. The van der Waals surface area contributed by atoms with Gasteiger partial charge in [0.2, 0.25) is 0 Å². The van der Waals surface area contributed by atoms with E-state index in [0.717, 1.165) is 109 Å². The number of carbonyl (C=O) groups excluding carboxylic acids is 3. The number of carboxylic acids is 1. The van der Waals surface area contributed by atoms with Crippen LogP contribution in [0.5, 0.6) is 0 Å². The smallest absolute Gasteiger partial charge is 0.335 e. The van der Waals surface area contributed by atoms with Crippen molar-refractivity contribution in [2.24, 2.45) is 0 Å². The number of ether oxygens (including phenoxy) is 5. The van der Waals surface area contributed by atoms with Crippen LogP contribution in [0.25, 0.3) is 0 Å². The third-order valence-electron chi connectivity index (χ3n) is 13.2. The summed E-state index contributed by atoms with van der Waals surface area (Å²) >= 11 is 0. The summed E-state index contributed by atoms with van der Waals surface area (Å²) in [5.74, 6) is -3.13. The summed E-state index contributed by atoms with van der Waals surface area (Å²) in [6.45, 7) is 5.92. The summed E-state index contributed by atoms with van der Waals surface area (Å²) < 4.78 is 28.4. The molecule has 0 saturated carbocycles. The molecule has 0 aromatic heterocycles. The van der Waals surface area contributed by atoms with Gasteiger partial charge in [-0.3, -0.25) is 14.4 Å². The summed E-state index contributed by atoms with van der Waals surface area (Å²) in [6.07, 6.45) is 42.6. The summed E-state index contributed by atoms with van der Waals surface area (Å²) in [4.78, 5) is 51.0. The van der Waals surface area contributed by atoms with Gasteiger partial charge in [-0.25, -0.2) is 4.79 Å². The van der Waals surface area contributed by atoms with Gasteiger partial charge in [0.25, 0.3) is 0 Å². The lowest BCUT2D eigenvalue weighted by molar-refractivity contribution is -0.301. The number of aliphatic hydroxyl groups is 2. The van der Waals surface area contributed by atoms with Crippen LogP contribution in [0.3, 0.4) is 0 Å². The fourth-order valence-corrected chi connectivity index (χ4v) is 8.63. The van der Waals surface area contributed by atoms with Crippen molar-refractivity contribution in [3.8, 4) is 0 Å². The van der Waals surface area contributed by atoms with Crippen molar-refractivity contribution in [2.45, 2.75) is 302 Å². The third kappa shape index (κ3) is 38.2. The van der Waals surface area contributed by atoms with Crippen LogP contribution < -0.4 is 0 Å². The highest BCUT2D eigenvalue weighted by Crippen LogP contribution is 2.26. The van der Waals surface area contributed by atoms with E-state index < -0.39 is 67.3 Å². The number of unbranched alkanes of at least 4 members (excludes halogenated alkanes) is 29. The zero-order chi connectivity index (χ0) is 51.8. The van der Waals surface area contributed by atoms with Crippen LogP contribution in [-0.2, 0) is 42.9 Å². The highest BCUT2D eigenvalue weighted by atomic mass is 16.7. The van der Waals surface area contributed by atoms with Crippen LogP contribution in [0.1, 0.15) is 265 Å². The van der Waals surface area contributed by atoms with E-state index in [9.17, 15) is 34.5 Å². The van der Waals surface area contributed by atoms with Gasteiger partial charge >= 0.3 is 23.9 Å². The molecule has 0 aromatic carbocycles. The van der Waals surface area contributed by atoms with Gasteiger partial charge in [0.15, 0.2) is 24.6 Å². The van der Waals surface area contributed by atoms with E-state index in [0.29, 0.717) is 19.3 Å². The monoisotopic (exact) mass is 1000 g/mol. The Morgan fingerprint density at radius 3 is 1.25 bits per heavy atom. The molecular weight excluding hydrogens is 901 g/mol. The minimum absolute atomic E-state index is 0.0562. The second kappa shape index (κ2) is 47.9. The van der Waals surface area contributed by atoms with Crippen LogP contribution in [0.15, 0.2) is 36.5 Å². The average Bonchev–Trinajstić information content (AvgIpc) is 3.35. The summed E-state index contributed by atoms with van der Waals surface area (Å²) in [5, 5.41) is 31.4. The third-order valence-corrected chi connectivity index (χ3v) is 13.2. The molecule has 1 saturated heterocycles. The van der Waals surface area contributed by atoms with E-state index in [1.54, 1.807) is 0 Å². The van der Waals surface area contributed by atoms with Crippen molar-refractivity contribution in [3.05, 3.63) is 36.5 Å². The van der Waals surface area contributed by atoms with Crippen molar-refractivity contribution in [2.75, 3.05) is 13.2 Å². The lowest BCUT2D eigenvalue weighted by atomic mass is 9.98. The minimum atomic E-state index is -1.90. The summed E-state index contributed by atoms with van der Waals surface area (Å²) in [7, 11) is 0. The second-order valence-electron chi connectivity index (χ2n) is 19.9. The number of carboxylic acid groups (broad SMARTS) is 1. The maximum Gasteiger partial charge on any atom is 0.335 e. The van der Waals surface area contributed by atoms with Gasteiger partial charge in [-0.2, -0.15) is 0 Å². The molecule has 0 aromatic rings. The molecule has 12 heteroatoms. The zero-order valence-corrected chi connectivity index (χ0v) is 45.2. The standard InChI is InChI=1S/C59H104O12/c1-4-7-10-13-16-19-22-24-25-26-27-29-32-35-38-41-44-47-53(62)70-57-55(64)54(63)56(58(65)66)71-59(57)68-49-50(69-52(61)46-43-40-37-34-30-21-18-15-12-9-6-3)48-67-51(60)45-42-39-36-33-31-28-23-20-17-14-11-8-5-2/h15,18,20,23-25,50,54-57,59,63-64H,4-14,16-17,19,21-22,26-49H2,1-3H3,(H,65,66)/b18-15-,23-20-,25-24-. The number of aliphatic hydroxyl groups excluding tert-OH is 2. The lowest BCUT2D eigenvalue weighted by Gasteiger charge is -2.40. The Morgan fingerprint density at radius 2 is 0.817 bits per heavy atom. The van der Waals surface area contributed by atoms with Gasteiger partial charge in [0, 0.05) is 19.3 Å². The highest BCUT2D eigenvalue weighted by Gasteiger charge is 2.50. The normalized spacial score (nSPS) is 18.7. The molecule has 412 valence electrons. The zero-order valence-electron chi connectivity index (χ0n) is 45.2. The number of rotatable bonds is 49. The molecule has 0 radical (unpaired) electrons. The number of esters is 3. The average molecular weight is 1010 g/mol. The number of hydrogen-bond acceptors (Lipinski definition) is 11. The molecule has 1 aliphatic rings. The molecule has 1 rings (SSSR count). The van der Waals surface area contributed by atoms with E-state index in [-0.39, 0.29) is 25.9 Å². The van der Waals surface area contributed by atoms with E-state index in [4.69, 9.17) is 23.7 Å². The largest absolute Gasteiger partial charge is 0.479 e. The Morgan fingerprint density at radius 1 is 0.451 bits per heavy atom. The number of aliphatic carboxylic acids is 1. The second-order valence-corrected chi connectivity index (χ2v) is 19.9. The van der Waals surface area contributed by atoms with Crippen LogP contribution in [0.2, 0.25) is 0 Å². The fraction of sp³-hybridized carbons (Fsp3) is 0.831. The molecule has 6 unspecified atom stereocenters. The van der Waals surface area contributed by atoms with Crippen LogP contribution in [0, 0.1) is 0 Å². The molecule has 71 heavy (non-hydrogen) atoms. The number of allylic oxidation sites excluding steroid dienone is 6. The first-order chi connectivity index (χ1) is 34.6. The van der Waals surface area contributed by atoms with Gasteiger partial charge in [0.1, 0.15) is 18.8 Å². The van der Waals surface area contributed by atoms with E-state index in [1.807, 2.05) is 0 Å². The molecule has 0 amide bonds. The topological polar surface area (TPSA) is 175 Å². The Labute approximate surface area is 431 Å². The molecule has 12 nitrogen and oxygen atoms in total. The van der Waals surface area contributed by atoms with E-state index in [2.05, 4.69) is 57.2 Å². The fourth-order valence-electron chi connectivity index (χ4n) is 8.63. The van der Waals surface area contributed by atoms with E-state index in [1.165, 1.54) is 96.3 Å². The Kier molecular flexibility index (Phi) is 44.5. The van der Waals surface area contributed by atoms with Crippen LogP contribution in [0.4, 0.5) is 0 Å². The van der Waals surface area contributed by atoms with Crippen LogP contribution in [-0.4, -0.2) is 89.2 Å². The molecule has 1 aliphatic heterocycles. The van der Waals surface area contributed by atoms with Gasteiger partial charge in [0.05, 0.1) is 6.61 Å². The quantitative estimate of drug-likeness (QED) is 0.0228. The Hall–Kier alpha value is -3.06. The SMILES string of the molecule is CCCC/C=C\CCCCCCCC(=O)OC(COC(=O)CCCCCCC/C=C\CCCCCC)COC1OC(C(=O)O)C(O)C(O)C1OC(=O)CCCCCCCCC/C=C\CCCCCCCC. The number of hydrogen-bond donors (Lipinski definition) is 3. The molecule has 1 fully saturated rings. The maximum absolute atomic E-state index is 13.1. The molecule has 0 bridgehead atoms. The van der Waals surface area contributed by atoms with Crippen LogP contribution >= 0.6 is 0 Å². The van der Waals surface area contributed by atoms with Crippen molar-refractivity contribution < 1.29 is 58.2 Å². The minimum Gasteiger partial charge on any atom is -0.479 e. The van der Waals surface area contributed by atoms with Crippen molar-refractivity contribution >= 4 is 23.9 Å². The lowest BCUT2D eigenvalue weighted by Crippen LogP contribution is -2.61. The van der Waals surface area contributed by atoms with E-state index >= 15 is 0 Å². The molecule has 0 spiro atoms. The number of carbonyl (C=O) groups is 4. The first-order valence-corrected chi connectivity index (χ1v) is 29.0. The van der Waals surface area contributed by atoms with Gasteiger partial charge < -0.3 is 39.0 Å². The molecule has 6 atom stereocenters.